The highest BCUT2D eigenvalue weighted by Crippen LogP contribution is 2.22. The molecular weight excluding hydrogens is 541 g/mol. The molecule has 0 amide bonds. The maximum atomic E-state index is 4.53. The van der Waals surface area contributed by atoms with Crippen LogP contribution >= 0.6 is 39.9 Å². The van der Waals surface area contributed by atoms with Gasteiger partial charge in [0, 0.05) is 54.5 Å². The number of para-hydroxylation sites is 1. The summed E-state index contributed by atoms with van der Waals surface area (Å²) in [6, 6.07) is 19.2. The normalized spacial score (nSPS) is 16.6. The third kappa shape index (κ3) is 5.39. The average Bonchev–Trinajstić information content (AvgIpc) is 3.20. The summed E-state index contributed by atoms with van der Waals surface area (Å²) in [6.07, 6.45) is 2.93. The highest BCUT2D eigenvalue weighted by Gasteiger charge is 2.23. The number of nitrogens with zero attached hydrogens (tertiary/aromatic N) is 3. The van der Waals surface area contributed by atoms with Crippen molar-refractivity contribution in [1.82, 2.24) is 15.6 Å². The molecule has 29 heavy (non-hydrogen) atoms. The van der Waals surface area contributed by atoms with E-state index in [9.17, 15) is 0 Å². The molecule has 1 aliphatic rings. The minimum atomic E-state index is 0. The lowest BCUT2D eigenvalue weighted by atomic mass is 10.1. The maximum absolute atomic E-state index is 4.53. The Labute approximate surface area is 197 Å². The first kappa shape index (κ1) is 21.8. The van der Waals surface area contributed by atoms with Crippen LogP contribution < -0.4 is 15.5 Å². The summed E-state index contributed by atoms with van der Waals surface area (Å²) in [4.78, 5) is 11.3. The Morgan fingerprint density at radius 1 is 1.17 bits per heavy atom. The van der Waals surface area contributed by atoms with Crippen molar-refractivity contribution in [2.45, 2.75) is 19.0 Å². The van der Waals surface area contributed by atoms with Gasteiger partial charge in [-0.3, -0.25) is 9.98 Å². The number of guanidine groups is 1. The SMILES string of the molecule is CN=C(NCc1cccc2cccnc12)NC1CCN(c2ccc(Br)cc2)C1.I. The highest BCUT2D eigenvalue weighted by atomic mass is 127. The van der Waals surface area contributed by atoms with Gasteiger partial charge in [-0.2, -0.15) is 0 Å². The molecule has 1 fully saturated rings. The van der Waals surface area contributed by atoms with Gasteiger partial charge in [0.1, 0.15) is 0 Å². The number of halogens is 2. The van der Waals surface area contributed by atoms with E-state index in [0.717, 1.165) is 40.8 Å². The molecule has 1 atom stereocenters. The Balaban J connectivity index is 0.00000240. The molecule has 2 heterocycles. The van der Waals surface area contributed by atoms with Crippen LogP contribution in [0.2, 0.25) is 0 Å². The summed E-state index contributed by atoms with van der Waals surface area (Å²) in [5.74, 6) is 0.829. The molecule has 2 N–H and O–H groups in total. The molecule has 3 aromatic rings. The van der Waals surface area contributed by atoms with E-state index in [0.29, 0.717) is 12.6 Å². The lowest BCUT2D eigenvalue weighted by Crippen LogP contribution is -2.44. The monoisotopic (exact) mass is 565 g/mol. The van der Waals surface area contributed by atoms with Gasteiger partial charge >= 0.3 is 0 Å². The number of fused-ring (bicyclic) bond motifs is 1. The number of hydrogen-bond acceptors (Lipinski definition) is 3. The first-order valence-corrected chi connectivity index (χ1v) is 10.3. The third-order valence-electron chi connectivity index (χ3n) is 5.11. The summed E-state index contributed by atoms with van der Waals surface area (Å²) < 4.78 is 1.11. The van der Waals surface area contributed by atoms with Crippen molar-refractivity contribution in [2.75, 3.05) is 25.0 Å². The Morgan fingerprint density at radius 3 is 2.76 bits per heavy atom. The number of aliphatic imine (C=N–C) groups is 1. The maximum Gasteiger partial charge on any atom is 0.191 e. The van der Waals surface area contributed by atoms with Crippen molar-refractivity contribution in [3.63, 3.8) is 0 Å². The van der Waals surface area contributed by atoms with E-state index < -0.39 is 0 Å². The third-order valence-corrected chi connectivity index (χ3v) is 5.64. The number of pyridine rings is 1. The van der Waals surface area contributed by atoms with E-state index in [1.54, 1.807) is 0 Å². The van der Waals surface area contributed by atoms with E-state index in [4.69, 9.17) is 0 Å². The summed E-state index contributed by atoms with van der Waals surface area (Å²) in [6.45, 7) is 2.71. The number of aromatic nitrogens is 1. The van der Waals surface area contributed by atoms with Crippen molar-refractivity contribution in [3.8, 4) is 0 Å². The van der Waals surface area contributed by atoms with Crippen molar-refractivity contribution in [2.24, 2.45) is 4.99 Å². The molecule has 5 nitrogen and oxygen atoms in total. The number of benzene rings is 2. The van der Waals surface area contributed by atoms with Crippen LogP contribution in [0, 0.1) is 0 Å². The second kappa shape index (κ2) is 10.2. The van der Waals surface area contributed by atoms with Crippen molar-refractivity contribution in [1.29, 1.82) is 0 Å². The van der Waals surface area contributed by atoms with Gasteiger partial charge in [-0.25, -0.2) is 0 Å². The van der Waals surface area contributed by atoms with Crippen LogP contribution in [0.1, 0.15) is 12.0 Å². The summed E-state index contributed by atoms with van der Waals surface area (Å²) in [5.41, 5.74) is 3.47. The molecule has 4 rings (SSSR count). The zero-order valence-corrected chi connectivity index (χ0v) is 20.2. The van der Waals surface area contributed by atoms with Crippen LogP contribution in [0.15, 0.2) is 70.3 Å². The lowest BCUT2D eigenvalue weighted by Gasteiger charge is -2.20. The molecule has 7 heteroatoms. The molecule has 1 aromatic heterocycles. The van der Waals surface area contributed by atoms with Gasteiger partial charge in [0.15, 0.2) is 5.96 Å². The van der Waals surface area contributed by atoms with E-state index >= 15 is 0 Å². The Kier molecular flexibility index (Phi) is 7.71. The second-order valence-corrected chi connectivity index (χ2v) is 7.89. The van der Waals surface area contributed by atoms with E-state index in [1.165, 1.54) is 11.3 Å². The predicted octanol–water partition coefficient (Wildman–Crippen LogP) is 4.56. The first-order chi connectivity index (χ1) is 13.7. The largest absolute Gasteiger partial charge is 0.369 e. The second-order valence-electron chi connectivity index (χ2n) is 6.97. The number of nitrogens with one attached hydrogen (secondary N) is 2. The van der Waals surface area contributed by atoms with E-state index in [-0.39, 0.29) is 24.0 Å². The molecule has 1 aliphatic heterocycles. The van der Waals surface area contributed by atoms with Gasteiger partial charge in [-0.1, -0.05) is 40.2 Å². The van der Waals surface area contributed by atoms with Crippen LogP contribution in [0.4, 0.5) is 5.69 Å². The number of rotatable bonds is 4. The minimum absolute atomic E-state index is 0. The standard InChI is InChI=1S/C22H24BrN5.HI/c1-24-22(26-14-17-5-2-4-16-6-3-12-25-21(16)17)27-19-11-13-28(15-19)20-9-7-18(23)8-10-20;/h2-10,12,19H,11,13-15H2,1H3,(H2,24,26,27);1H. The molecule has 2 aromatic carbocycles. The van der Waals surface area contributed by atoms with E-state index in [2.05, 4.69) is 90.0 Å². The fourth-order valence-electron chi connectivity index (χ4n) is 3.64. The van der Waals surface area contributed by atoms with Gasteiger partial charge in [-0.15, -0.1) is 24.0 Å². The zero-order valence-electron chi connectivity index (χ0n) is 16.3. The van der Waals surface area contributed by atoms with Crippen LogP contribution in [-0.2, 0) is 6.54 Å². The molecule has 1 saturated heterocycles. The lowest BCUT2D eigenvalue weighted by molar-refractivity contribution is 0.649. The van der Waals surface area contributed by atoms with Gasteiger partial charge in [0.05, 0.1) is 5.52 Å². The predicted molar refractivity (Wildman–Crippen MR) is 135 cm³/mol. The quantitative estimate of drug-likeness (QED) is 0.277. The smallest absolute Gasteiger partial charge is 0.191 e. The Bertz CT molecular complexity index is 971. The summed E-state index contributed by atoms with van der Waals surface area (Å²) in [5, 5.41) is 8.16. The fourth-order valence-corrected chi connectivity index (χ4v) is 3.91. The summed E-state index contributed by atoms with van der Waals surface area (Å²) in [7, 11) is 1.82. The molecule has 0 spiro atoms. The molecule has 0 radical (unpaired) electrons. The van der Waals surface area contributed by atoms with Gasteiger partial charge in [-0.05, 0) is 42.3 Å². The fraction of sp³-hybridized carbons (Fsp3) is 0.273. The van der Waals surface area contributed by atoms with Crippen LogP contribution in [0.25, 0.3) is 10.9 Å². The Hall–Kier alpha value is -1.87. The first-order valence-electron chi connectivity index (χ1n) is 9.53. The topological polar surface area (TPSA) is 52.6 Å². The van der Waals surface area contributed by atoms with Crippen molar-refractivity contribution >= 4 is 62.5 Å². The molecule has 0 aliphatic carbocycles. The highest BCUT2D eigenvalue weighted by molar-refractivity contribution is 14.0. The zero-order chi connectivity index (χ0) is 19.3. The number of anilines is 1. The van der Waals surface area contributed by atoms with Crippen molar-refractivity contribution in [3.05, 3.63) is 70.8 Å². The molecule has 152 valence electrons. The van der Waals surface area contributed by atoms with E-state index in [1.807, 2.05) is 19.3 Å². The summed E-state index contributed by atoms with van der Waals surface area (Å²) >= 11 is 3.50. The average molecular weight is 566 g/mol. The van der Waals surface area contributed by atoms with Gasteiger partial charge < -0.3 is 15.5 Å². The van der Waals surface area contributed by atoms with Gasteiger partial charge in [0.25, 0.3) is 0 Å². The van der Waals surface area contributed by atoms with Crippen molar-refractivity contribution < 1.29 is 0 Å². The molecule has 0 bridgehead atoms. The van der Waals surface area contributed by atoms with Crippen LogP contribution in [0.3, 0.4) is 0 Å². The van der Waals surface area contributed by atoms with Gasteiger partial charge in [0.2, 0.25) is 0 Å². The molecular formula is C22H25BrIN5. The van der Waals surface area contributed by atoms with Crippen LogP contribution in [-0.4, -0.2) is 37.1 Å². The number of hydrogen-bond donors (Lipinski definition) is 2. The molecule has 0 saturated carbocycles. The molecule has 1 unspecified atom stereocenters. The minimum Gasteiger partial charge on any atom is -0.369 e. The Morgan fingerprint density at radius 2 is 1.97 bits per heavy atom. The van der Waals surface area contributed by atoms with Crippen LogP contribution in [0.5, 0.6) is 0 Å².